The van der Waals surface area contributed by atoms with E-state index in [9.17, 15) is 9.59 Å². The van der Waals surface area contributed by atoms with Crippen LogP contribution in [0.15, 0.2) is 42.5 Å². The Labute approximate surface area is 172 Å². The number of aryl methyl sites for hydroxylation is 1. The van der Waals surface area contributed by atoms with E-state index in [2.05, 4.69) is 10.6 Å². The lowest BCUT2D eigenvalue weighted by atomic mass is 10.1. The number of carbonyl (C=O) groups is 2. The Kier molecular flexibility index (Phi) is 8.48. The van der Waals surface area contributed by atoms with Crippen molar-refractivity contribution in [2.75, 3.05) is 39.7 Å². The van der Waals surface area contributed by atoms with E-state index >= 15 is 0 Å². The predicted molar refractivity (Wildman–Crippen MR) is 112 cm³/mol. The zero-order chi connectivity index (χ0) is 21.2. The molecule has 0 saturated heterocycles. The first-order valence-corrected chi connectivity index (χ1v) is 9.63. The predicted octanol–water partition coefficient (Wildman–Crippen LogP) is 1.04. The highest BCUT2D eigenvalue weighted by molar-refractivity contribution is 5.92. The molecule has 2 amide bonds. The van der Waals surface area contributed by atoms with Crippen LogP contribution < -0.4 is 25.0 Å². The van der Waals surface area contributed by atoms with Crippen LogP contribution in [0.1, 0.15) is 18.1 Å². The molecule has 0 radical (unpaired) electrons. The van der Waals surface area contributed by atoms with Crippen molar-refractivity contribution in [2.45, 2.75) is 19.9 Å². The molecule has 2 rings (SSSR count). The number of benzene rings is 2. The van der Waals surface area contributed by atoms with Gasteiger partial charge in [0.05, 0.1) is 21.3 Å². The summed E-state index contributed by atoms with van der Waals surface area (Å²) in [5.74, 6) is 1.02. The molecule has 29 heavy (non-hydrogen) atoms. The van der Waals surface area contributed by atoms with Crippen molar-refractivity contribution >= 4 is 17.5 Å². The zero-order valence-electron chi connectivity index (χ0n) is 17.5. The third kappa shape index (κ3) is 6.80. The number of ether oxygens (including phenoxy) is 2. The molecule has 2 aromatic carbocycles. The van der Waals surface area contributed by atoms with E-state index in [4.69, 9.17) is 9.47 Å². The van der Waals surface area contributed by atoms with Gasteiger partial charge in [-0.05, 0) is 35.7 Å². The quantitative estimate of drug-likeness (QED) is 0.557. The summed E-state index contributed by atoms with van der Waals surface area (Å²) in [6, 6.07) is 13.2. The van der Waals surface area contributed by atoms with Gasteiger partial charge in [-0.3, -0.25) is 9.59 Å². The average molecular weight is 400 g/mol. The number of nitrogens with one attached hydrogen (secondary N) is 3. The van der Waals surface area contributed by atoms with E-state index in [1.807, 2.05) is 50.4 Å². The van der Waals surface area contributed by atoms with Crippen molar-refractivity contribution in [2.24, 2.45) is 0 Å². The minimum Gasteiger partial charge on any atom is -0.493 e. The van der Waals surface area contributed by atoms with Gasteiger partial charge in [0.15, 0.2) is 24.6 Å². The van der Waals surface area contributed by atoms with E-state index < -0.39 is 0 Å². The highest BCUT2D eigenvalue weighted by atomic mass is 16.5. The van der Waals surface area contributed by atoms with Crippen molar-refractivity contribution in [3.8, 4) is 11.5 Å². The van der Waals surface area contributed by atoms with Crippen molar-refractivity contribution in [3.05, 3.63) is 53.6 Å². The number of anilines is 1. The summed E-state index contributed by atoms with van der Waals surface area (Å²) in [6.07, 6.45) is 0.845. The molecule has 2 aromatic rings. The van der Waals surface area contributed by atoms with Crippen LogP contribution in [-0.4, -0.2) is 46.2 Å². The first kappa shape index (κ1) is 22.2. The van der Waals surface area contributed by atoms with Crippen LogP contribution in [0.5, 0.6) is 11.5 Å². The van der Waals surface area contributed by atoms with Crippen LogP contribution in [0.2, 0.25) is 0 Å². The molecule has 3 N–H and O–H groups in total. The monoisotopic (exact) mass is 400 g/mol. The van der Waals surface area contributed by atoms with Crippen LogP contribution in [0.3, 0.4) is 0 Å². The fourth-order valence-corrected chi connectivity index (χ4v) is 3.01. The van der Waals surface area contributed by atoms with E-state index in [1.54, 1.807) is 20.3 Å². The second-order valence-corrected chi connectivity index (χ2v) is 6.84. The molecule has 0 saturated carbocycles. The van der Waals surface area contributed by atoms with Crippen LogP contribution in [0.25, 0.3) is 0 Å². The number of likely N-dealkylation sites (N-methyl/N-ethyl adjacent to an activating group) is 1. The van der Waals surface area contributed by atoms with Gasteiger partial charge in [0.1, 0.15) is 0 Å². The Hall–Kier alpha value is -3.06. The fraction of sp³-hybridized carbons (Fsp3) is 0.364. The van der Waals surface area contributed by atoms with Crippen molar-refractivity contribution in [1.82, 2.24) is 5.32 Å². The zero-order valence-corrected chi connectivity index (χ0v) is 17.5. The number of hydrogen-bond acceptors (Lipinski definition) is 4. The molecule has 0 fully saturated rings. The molecular formula is C22H30N3O4+. The van der Waals surface area contributed by atoms with Gasteiger partial charge in [0.25, 0.3) is 11.8 Å². The Morgan fingerprint density at radius 3 is 2.34 bits per heavy atom. The van der Waals surface area contributed by atoms with Crippen LogP contribution in [0.4, 0.5) is 5.69 Å². The molecule has 0 heterocycles. The van der Waals surface area contributed by atoms with E-state index in [0.29, 0.717) is 18.0 Å². The van der Waals surface area contributed by atoms with Gasteiger partial charge in [-0.25, -0.2) is 0 Å². The van der Waals surface area contributed by atoms with Crippen LogP contribution in [0, 0.1) is 0 Å². The lowest BCUT2D eigenvalue weighted by molar-refractivity contribution is -0.862. The van der Waals surface area contributed by atoms with E-state index in [-0.39, 0.29) is 24.9 Å². The van der Waals surface area contributed by atoms with Gasteiger partial charge in [-0.15, -0.1) is 0 Å². The van der Waals surface area contributed by atoms with E-state index in [1.165, 1.54) is 0 Å². The summed E-state index contributed by atoms with van der Waals surface area (Å²) in [5, 5.41) is 5.80. The minimum absolute atomic E-state index is 0.115. The average Bonchev–Trinajstić information content (AvgIpc) is 2.72. The molecule has 1 unspecified atom stereocenters. The fourth-order valence-electron chi connectivity index (χ4n) is 3.01. The molecule has 0 aliphatic heterocycles. The first-order valence-electron chi connectivity index (χ1n) is 9.63. The number of hydrogen-bond donors (Lipinski definition) is 3. The van der Waals surface area contributed by atoms with Gasteiger partial charge in [-0.1, -0.05) is 31.2 Å². The third-order valence-corrected chi connectivity index (χ3v) is 4.53. The maximum absolute atomic E-state index is 12.3. The first-order chi connectivity index (χ1) is 14.0. The highest BCUT2D eigenvalue weighted by Gasteiger charge is 2.15. The van der Waals surface area contributed by atoms with Gasteiger partial charge < -0.3 is 25.0 Å². The molecule has 0 aliphatic carbocycles. The largest absolute Gasteiger partial charge is 0.493 e. The van der Waals surface area contributed by atoms with Gasteiger partial charge in [0.2, 0.25) is 0 Å². The Morgan fingerprint density at radius 1 is 0.966 bits per heavy atom. The van der Waals surface area contributed by atoms with Crippen molar-refractivity contribution < 1.29 is 24.0 Å². The molecular weight excluding hydrogens is 370 g/mol. The van der Waals surface area contributed by atoms with E-state index in [0.717, 1.165) is 28.1 Å². The molecule has 7 nitrogen and oxygen atoms in total. The number of quaternary nitrogens is 1. The maximum atomic E-state index is 12.3. The Bertz CT molecular complexity index is 839. The number of para-hydroxylation sites is 1. The Balaban J connectivity index is 1.80. The number of carbonyl (C=O) groups excluding carboxylic acids is 2. The van der Waals surface area contributed by atoms with Gasteiger partial charge >= 0.3 is 0 Å². The minimum atomic E-state index is -0.126. The molecule has 0 bridgehead atoms. The topological polar surface area (TPSA) is 81.1 Å². The number of amides is 2. The summed E-state index contributed by atoms with van der Waals surface area (Å²) in [4.78, 5) is 25.3. The van der Waals surface area contributed by atoms with Gasteiger partial charge in [-0.2, -0.15) is 0 Å². The third-order valence-electron chi connectivity index (χ3n) is 4.53. The molecule has 0 spiro atoms. The highest BCUT2D eigenvalue weighted by Crippen LogP contribution is 2.27. The summed E-state index contributed by atoms with van der Waals surface area (Å²) >= 11 is 0. The summed E-state index contributed by atoms with van der Waals surface area (Å²) < 4.78 is 10.5. The molecule has 1 atom stereocenters. The SMILES string of the molecule is CCc1ccccc1NC(=O)C[NH+](C)CC(=O)NCc1ccc(OC)c(OC)c1. The molecule has 7 heteroatoms. The molecule has 0 aliphatic rings. The summed E-state index contributed by atoms with van der Waals surface area (Å²) in [6.45, 7) is 2.84. The number of rotatable bonds is 10. The van der Waals surface area contributed by atoms with Gasteiger partial charge in [0, 0.05) is 12.2 Å². The second kappa shape index (κ2) is 11.1. The smallest absolute Gasteiger partial charge is 0.279 e. The lowest BCUT2D eigenvalue weighted by Crippen LogP contribution is -3.11. The maximum Gasteiger partial charge on any atom is 0.279 e. The molecule has 0 aromatic heterocycles. The lowest BCUT2D eigenvalue weighted by Gasteiger charge is -2.15. The number of methoxy groups -OCH3 is 2. The van der Waals surface area contributed by atoms with Crippen molar-refractivity contribution in [1.29, 1.82) is 0 Å². The van der Waals surface area contributed by atoms with Crippen molar-refractivity contribution in [3.63, 3.8) is 0 Å². The standard InChI is InChI=1S/C22H29N3O4/c1-5-17-8-6-7-9-18(17)24-22(27)15-25(2)14-21(26)23-13-16-10-11-19(28-3)20(12-16)29-4/h6-12H,5,13-15H2,1-4H3,(H,23,26)(H,24,27)/p+1. The Morgan fingerprint density at radius 2 is 1.66 bits per heavy atom. The second-order valence-electron chi connectivity index (χ2n) is 6.84. The normalized spacial score (nSPS) is 11.4. The summed E-state index contributed by atoms with van der Waals surface area (Å²) in [5.41, 5.74) is 2.82. The summed E-state index contributed by atoms with van der Waals surface area (Å²) in [7, 11) is 4.97. The van der Waals surface area contributed by atoms with Crippen LogP contribution in [-0.2, 0) is 22.6 Å². The van der Waals surface area contributed by atoms with Crippen LogP contribution >= 0.6 is 0 Å². The molecule has 156 valence electrons.